The van der Waals surface area contributed by atoms with Gasteiger partial charge in [-0.1, -0.05) is 36.7 Å². The summed E-state index contributed by atoms with van der Waals surface area (Å²) >= 11 is 5.97. The number of anilines is 1. The van der Waals surface area contributed by atoms with E-state index in [1.54, 1.807) is 18.2 Å². The van der Waals surface area contributed by atoms with Crippen LogP contribution in [0, 0.1) is 0 Å². The van der Waals surface area contributed by atoms with Gasteiger partial charge in [-0.25, -0.2) is 0 Å². The number of hydrogen-bond acceptors (Lipinski definition) is 2. The first-order valence-corrected chi connectivity index (χ1v) is 8.88. The monoisotopic (exact) mass is 369 g/mol. The molecule has 1 aromatic heterocycles. The molecule has 0 saturated carbocycles. The Kier molecular flexibility index (Phi) is 5.58. The molecule has 5 nitrogen and oxygen atoms in total. The topological polar surface area (TPSA) is 74.0 Å². The smallest absolute Gasteiger partial charge is 0.267 e. The normalized spacial score (nSPS) is 10.7. The fourth-order valence-electron chi connectivity index (χ4n) is 2.71. The van der Waals surface area contributed by atoms with E-state index in [4.69, 9.17) is 11.6 Å². The lowest BCUT2D eigenvalue weighted by Gasteiger charge is -2.08. The van der Waals surface area contributed by atoms with Gasteiger partial charge in [0.15, 0.2) is 0 Å². The maximum Gasteiger partial charge on any atom is 0.267 e. The Morgan fingerprint density at radius 1 is 1.12 bits per heavy atom. The number of rotatable bonds is 6. The number of amides is 2. The zero-order valence-corrected chi connectivity index (χ0v) is 15.2. The largest absolute Gasteiger partial charge is 0.350 e. The van der Waals surface area contributed by atoms with Gasteiger partial charge in [-0.05, 0) is 42.3 Å². The summed E-state index contributed by atoms with van der Waals surface area (Å²) in [5.74, 6) is -0.205. The first kappa shape index (κ1) is 18.0. The number of halogens is 1. The second-order valence-electron chi connectivity index (χ2n) is 6.10. The van der Waals surface area contributed by atoms with Crippen molar-refractivity contribution in [3.8, 4) is 0 Å². The van der Waals surface area contributed by atoms with Crippen molar-refractivity contribution in [3.05, 3.63) is 64.8 Å². The summed E-state index contributed by atoms with van der Waals surface area (Å²) in [6.45, 7) is 2.33. The van der Waals surface area contributed by atoms with E-state index in [0.29, 0.717) is 23.7 Å². The van der Waals surface area contributed by atoms with Gasteiger partial charge in [0.2, 0.25) is 5.91 Å². The van der Waals surface area contributed by atoms with Gasteiger partial charge in [-0.15, -0.1) is 0 Å². The van der Waals surface area contributed by atoms with Crippen LogP contribution in [0.25, 0.3) is 10.9 Å². The van der Waals surface area contributed by atoms with E-state index < -0.39 is 0 Å². The van der Waals surface area contributed by atoms with E-state index in [-0.39, 0.29) is 11.8 Å². The van der Waals surface area contributed by atoms with Crippen LogP contribution in [0.5, 0.6) is 0 Å². The minimum absolute atomic E-state index is 0.00887. The van der Waals surface area contributed by atoms with Crippen molar-refractivity contribution in [2.75, 3.05) is 5.32 Å². The Labute approximate surface area is 156 Å². The molecule has 0 fully saturated rings. The quantitative estimate of drug-likeness (QED) is 0.598. The van der Waals surface area contributed by atoms with Gasteiger partial charge in [-0.3, -0.25) is 9.59 Å². The van der Waals surface area contributed by atoms with E-state index >= 15 is 0 Å². The molecular weight excluding hydrogens is 350 g/mol. The summed E-state index contributed by atoms with van der Waals surface area (Å²) in [6, 6.07) is 14.7. The third-order valence-corrected chi connectivity index (χ3v) is 4.21. The van der Waals surface area contributed by atoms with Gasteiger partial charge in [0.25, 0.3) is 5.91 Å². The fourth-order valence-corrected chi connectivity index (χ4v) is 2.88. The zero-order chi connectivity index (χ0) is 18.5. The number of nitrogens with one attached hydrogen (secondary N) is 3. The zero-order valence-electron chi connectivity index (χ0n) is 14.4. The van der Waals surface area contributed by atoms with Crippen LogP contribution in [-0.4, -0.2) is 16.8 Å². The molecule has 2 amide bonds. The lowest BCUT2D eigenvalue weighted by atomic mass is 10.2. The Hall–Kier alpha value is -2.79. The molecule has 0 unspecified atom stereocenters. The van der Waals surface area contributed by atoms with Crippen molar-refractivity contribution in [1.82, 2.24) is 10.3 Å². The predicted octanol–water partition coefficient (Wildman–Crippen LogP) is 4.49. The number of benzene rings is 2. The lowest BCUT2D eigenvalue weighted by molar-refractivity contribution is -0.116. The van der Waals surface area contributed by atoms with Crippen LogP contribution in [-0.2, 0) is 11.3 Å². The Bertz CT molecular complexity index is 949. The van der Waals surface area contributed by atoms with Crippen LogP contribution in [0.15, 0.2) is 48.5 Å². The third kappa shape index (κ3) is 4.43. The van der Waals surface area contributed by atoms with Crippen LogP contribution in [0.3, 0.4) is 0 Å². The molecule has 0 aliphatic carbocycles. The van der Waals surface area contributed by atoms with Gasteiger partial charge in [0, 0.05) is 34.6 Å². The molecule has 0 bridgehead atoms. The van der Waals surface area contributed by atoms with Gasteiger partial charge in [-0.2, -0.15) is 0 Å². The number of hydrogen-bond donors (Lipinski definition) is 3. The minimum atomic E-state index is -0.197. The number of H-pyrrole nitrogens is 1. The molecule has 1 heterocycles. The van der Waals surface area contributed by atoms with E-state index in [1.807, 2.05) is 37.3 Å². The number of aromatic nitrogens is 1. The number of aromatic amines is 1. The lowest BCUT2D eigenvalue weighted by Crippen LogP contribution is -2.23. The molecule has 134 valence electrons. The molecule has 6 heteroatoms. The number of carbonyl (C=O) groups is 2. The molecule has 0 saturated heterocycles. The summed E-state index contributed by atoms with van der Waals surface area (Å²) in [7, 11) is 0. The Morgan fingerprint density at radius 2 is 1.96 bits per heavy atom. The van der Waals surface area contributed by atoms with E-state index in [1.165, 1.54) is 0 Å². The molecule has 0 aliphatic heterocycles. The van der Waals surface area contributed by atoms with Crippen molar-refractivity contribution < 1.29 is 9.59 Å². The first-order valence-electron chi connectivity index (χ1n) is 8.50. The van der Waals surface area contributed by atoms with Gasteiger partial charge >= 0.3 is 0 Å². The Balaban J connectivity index is 1.64. The molecular formula is C20H20ClN3O2. The van der Waals surface area contributed by atoms with Gasteiger partial charge in [0.05, 0.1) is 0 Å². The van der Waals surface area contributed by atoms with Gasteiger partial charge in [0.1, 0.15) is 5.69 Å². The third-order valence-electron chi connectivity index (χ3n) is 3.97. The van der Waals surface area contributed by atoms with Crippen molar-refractivity contribution in [3.63, 3.8) is 0 Å². The maximum atomic E-state index is 12.4. The van der Waals surface area contributed by atoms with Crippen molar-refractivity contribution in [2.45, 2.75) is 26.3 Å². The molecule has 3 aromatic rings. The molecule has 26 heavy (non-hydrogen) atoms. The number of carbonyl (C=O) groups excluding carboxylic acids is 2. The van der Waals surface area contributed by atoms with Crippen LogP contribution < -0.4 is 10.6 Å². The van der Waals surface area contributed by atoms with Crippen molar-refractivity contribution >= 4 is 40.0 Å². The second-order valence-corrected chi connectivity index (χ2v) is 6.53. The van der Waals surface area contributed by atoms with Crippen molar-refractivity contribution in [1.29, 1.82) is 0 Å². The SMILES string of the molecule is CCCC(=O)Nc1cccc(CNC(=O)c2cc3ccc(Cl)cc3[nH]2)c1. The molecule has 2 aromatic carbocycles. The molecule has 0 aliphatic rings. The van der Waals surface area contributed by atoms with Crippen molar-refractivity contribution in [2.24, 2.45) is 0 Å². The molecule has 0 atom stereocenters. The highest BCUT2D eigenvalue weighted by Crippen LogP contribution is 2.20. The second kappa shape index (κ2) is 8.06. The summed E-state index contributed by atoms with van der Waals surface area (Å²) in [4.78, 5) is 27.1. The van der Waals surface area contributed by atoms with E-state index in [0.717, 1.165) is 28.6 Å². The molecule has 3 N–H and O–H groups in total. The summed E-state index contributed by atoms with van der Waals surface area (Å²) in [5.41, 5.74) is 2.94. The average molecular weight is 370 g/mol. The van der Waals surface area contributed by atoms with Crippen LogP contribution >= 0.6 is 11.6 Å². The van der Waals surface area contributed by atoms with Crippen LogP contribution in [0.2, 0.25) is 5.02 Å². The van der Waals surface area contributed by atoms with Gasteiger partial charge < -0.3 is 15.6 Å². The average Bonchev–Trinajstić information content (AvgIpc) is 3.03. The summed E-state index contributed by atoms with van der Waals surface area (Å²) < 4.78 is 0. The highest BCUT2D eigenvalue weighted by atomic mass is 35.5. The predicted molar refractivity (Wildman–Crippen MR) is 104 cm³/mol. The molecule has 3 rings (SSSR count). The summed E-state index contributed by atoms with van der Waals surface area (Å²) in [5, 5.41) is 7.29. The minimum Gasteiger partial charge on any atom is -0.350 e. The molecule has 0 radical (unpaired) electrons. The highest BCUT2D eigenvalue weighted by Gasteiger charge is 2.10. The first-order chi connectivity index (χ1) is 12.5. The van der Waals surface area contributed by atoms with E-state index in [2.05, 4.69) is 15.6 Å². The summed E-state index contributed by atoms with van der Waals surface area (Å²) in [6.07, 6.45) is 1.29. The Morgan fingerprint density at radius 3 is 2.77 bits per heavy atom. The van der Waals surface area contributed by atoms with Crippen LogP contribution in [0.1, 0.15) is 35.8 Å². The fraction of sp³-hybridized carbons (Fsp3) is 0.200. The highest BCUT2D eigenvalue weighted by molar-refractivity contribution is 6.31. The maximum absolute atomic E-state index is 12.4. The standard InChI is InChI=1S/C20H20ClN3O2/c1-2-4-19(25)23-16-6-3-5-13(9-16)12-22-20(26)18-10-14-7-8-15(21)11-17(14)24-18/h3,5-11,24H,2,4,12H2,1H3,(H,22,26)(H,23,25). The van der Waals surface area contributed by atoms with E-state index in [9.17, 15) is 9.59 Å². The van der Waals surface area contributed by atoms with Crippen LogP contribution in [0.4, 0.5) is 5.69 Å². The number of fused-ring (bicyclic) bond motifs is 1. The molecule has 0 spiro atoms.